The minimum atomic E-state index is 0.0247. The standard InChI is InChI=1S/C32H38N4O3/c1-5-29(38)36-19-32(20-36)12-14-35(18-32)31-22(3)30(26-8-6-7-23-15-24(37)9-10-25(23)26)27-11-13-34(16-28(27)33-31)21(2)17-39-4/h5-10,15,21,37H,1,11-14,16-20H2,2-4H3. The lowest BCUT2D eigenvalue weighted by Gasteiger charge is -2.47. The first-order valence-electron chi connectivity index (χ1n) is 14.0. The molecule has 1 spiro atoms. The zero-order chi connectivity index (χ0) is 27.3. The number of pyridine rings is 1. The molecule has 7 heteroatoms. The SMILES string of the molecule is C=CC(=O)N1CC2(CCN(c3nc4c(c(-c5cccc6cc(O)ccc56)c3C)CCN(C(C)COC)C4)C2)C1. The predicted octanol–water partition coefficient (Wildman–Crippen LogP) is 4.53. The number of phenolic OH excluding ortho intramolecular Hbond substituents is 1. The first-order chi connectivity index (χ1) is 18.8. The molecule has 204 valence electrons. The zero-order valence-electron chi connectivity index (χ0n) is 23.2. The van der Waals surface area contributed by atoms with Gasteiger partial charge in [0.25, 0.3) is 0 Å². The van der Waals surface area contributed by atoms with Crippen LogP contribution in [0, 0.1) is 12.3 Å². The molecule has 4 heterocycles. The Hall–Kier alpha value is -3.42. The minimum Gasteiger partial charge on any atom is -0.508 e. The Bertz CT molecular complexity index is 1450. The number of methoxy groups -OCH3 is 1. The summed E-state index contributed by atoms with van der Waals surface area (Å²) in [5, 5.41) is 12.3. The molecular weight excluding hydrogens is 488 g/mol. The van der Waals surface area contributed by atoms with Gasteiger partial charge < -0.3 is 19.6 Å². The van der Waals surface area contributed by atoms with Crippen LogP contribution in [-0.4, -0.2) is 78.3 Å². The summed E-state index contributed by atoms with van der Waals surface area (Å²) in [5.41, 5.74) is 6.31. The van der Waals surface area contributed by atoms with Crippen molar-refractivity contribution in [2.24, 2.45) is 5.41 Å². The number of aromatic hydroxyl groups is 1. The van der Waals surface area contributed by atoms with Crippen LogP contribution in [0.1, 0.15) is 30.2 Å². The van der Waals surface area contributed by atoms with Gasteiger partial charge in [0.1, 0.15) is 11.6 Å². The number of nitrogens with zero attached hydrogens (tertiary/aromatic N) is 4. The van der Waals surface area contributed by atoms with Crippen LogP contribution in [0.4, 0.5) is 5.82 Å². The fraction of sp³-hybridized carbons (Fsp3) is 0.438. The van der Waals surface area contributed by atoms with Crippen molar-refractivity contribution in [3.63, 3.8) is 0 Å². The van der Waals surface area contributed by atoms with E-state index in [1.807, 2.05) is 17.0 Å². The lowest BCUT2D eigenvalue weighted by Crippen LogP contribution is -2.59. The summed E-state index contributed by atoms with van der Waals surface area (Å²) in [6, 6.07) is 12.3. The smallest absolute Gasteiger partial charge is 0.245 e. The summed E-state index contributed by atoms with van der Waals surface area (Å²) in [5.74, 6) is 1.37. The van der Waals surface area contributed by atoms with E-state index in [1.165, 1.54) is 28.3 Å². The first kappa shape index (κ1) is 25.8. The number of ether oxygens (including phenoxy) is 1. The summed E-state index contributed by atoms with van der Waals surface area (Å²) >= 11 is 0. The summed E-state index contributed by atoms with van der Waals surface area (Å²) in [4.78, 5) is 24.3. The van der Waals surface area contributed by atoms with Crippen molar-refractivity contribution >= 4 is 22.5 Å². The fourth-order valence-electron chi connectivity index (χ4n) is 7.00. The van der Waals surface area contributed by atoms with Gasteiger partial charge in [-0.25, -0.2) is 4.98 Å². The molecule has 0 bridgehead atoms. The molecule has 2 fully saturated rings. The molecule has 1 aromatic heterocycles. The monoisotopic (exact) mass is 526 g/mol. The molecule has 0 radical (unpaired) electrons. The van der Waals surface area contributed by atoms with E-state index in [1.54, 1.807) is 13.2 Å². The maximum Gasteiger partial charge on any atom is 0.245 e. The normalized spacial score (nSPS) is 19.3. The number of fused-ring (bicyclic) bond motifs is 2. The van der Waals surface area contributed by atoms with Crippen molar-refractivity contribution in [1.29, 1.82) is 0 Å². The van der Waals surface area contributed by atoms with Gasteiger partial charge in [-0.05, 0) is 77.9 Å². The van der Waals surface area contributed by atoms with Crippen molar-refractivity contribution in [3.05, 3.63) is 65.9 Å². The second-order valence-corrected chi connectivity index (χ2v) is 11.7. The molecule has 1 amide bonds. The van der Waals surface area contributed by atoms with Crippen molar-refractivity contribution in [3.8, 4) is 16.9 Å². The summed E-state index contributed by atoms with van der Waals surface area (Å²) in [7, 11) is 1.76. The Morgan fingerprint density at radius 3 is 2.82 bits per heavy atom. The van der Waals surface area contributed by atoms with Gasteiger partial charge in [0.2, 0.25) is 5.91 Å². The van der Waals surface area contributed by atoms with Crippen molar-refractivity contribution in [1.82, 2.24) is 14.8 Å². The summed E-state index contributed by atoms with van der Waals surface area (Å²) < 4.78 is 5.47. The van der Waals surface area contributed by atoms with Crippen LogP contribution in [0.25, 0.3) is 21.9 Å². The van der Waals surface area contributed by atoms with Crippen molar-refractivity contribution in [2.75, 3.05) is 51.3 Å². The number of hydrogen-bond acceptors (Lipinski definition) is 6. The molecule has 6 rings (SSSR count). The third-order valence-electron chi connectivity index (χ3n) is 9.04. The molecule has 0 saturated carbocycles. The molecule has 1 N–H and O–H groups in total. The van der Waals surface area contributed by atoms with E-state index >= 15 is 0 Å². The highest BCUT2D eigenvalue weighted by molar-refractivity contribution is 5.99. The van der Waals surface area contributed by atoms with Crippen LogP contribution in [-0.2, 0) is 22.5 Å². The first-order valence-corrected chi connectivity index (χ1v) is 14.0. The molecule has 3 aromatic rings. The lowest BCUT2D eigenvalue weighted by atomic mass is 9.79. The quantitative estimate of drug-likeness (QED) is 0.476. The number of amides is 1. The largest absolute Gasteiger partial charge is 0.508 e. The van der Waals surface area contributed by atoms with Gasteiger partial charge in [-0.1, -0.05) is 30.8 Å². The van der Waals surface area contributed by atoms with Gasteiger partial charge in [-0.2, -0.15) is 0 Å². The lowest BCUT2D eigenvalue weighted by molar-refractivity contribution is -0.136. The summed E-state index contributed by atoms with van der Waals surface area (Å²) in [6.45, 7) is 14.0. The topological polar surface area (TPSA) is 69.1 Å². The Kier molecular flexibility index (Phi) is 6.60. The van der Waals surface area contributed by atoms with Gasteiger partial charge in [0.05, 0.1) is 12.3 Å². The van der Waals surface area contributed by atoms with Gasteiger partial charge in [-0.3, -0.25) is 9.69 Å². The van der Waals surface area contributed by atoms with E-state index in [9.17, 15) is 9.90 Å². The average molecular weight is 527 g/mol. The zero-order valence-corrected chi connectivity index (χ0v) is 23.2. The highest BCUT2D eigenvalue weighted by Crippen LogP contribution is 2.45. The van der Waals surface area contributed by atoms with Crippen LogP contribution in [0.5, 0.6) is 5.75 Å². The second kappa shape index (κ2) is 9.96. The fourth-order valence-corrected chi connectivity index (χ4v) is 7.00. The summed E-state index contributed by atoms with van der Waals surface area (Å²) in [6.07, 6.45) is 3.41. The molecule has 3 aliphatic rings. The number of rotatable bonds is 6. The van der Waals surface area contributed by atoms with Gasteiger partial charge in [-0.15, -0.1) is 0 Å². The van der Waals surface area contributed by atoms with Crippen molar-refractivity contribution < 1.29 is 14.6 Å². The predicted molar refractivity (Wildman–Crippen MR) is 155 cm³/mol. The number of anilines is 1. The average Bonchev–Trinajstić information content (AvgIpc) is 3.37. The Labute approximate surface area is 230 Å². The van der Waals surface area contributed by atoms with E-state index in [0.717, 1.165) is 74.4 Å². The minimum absolute atomic E-state index is 0.0247. The Morgan fingerprint density at radius 1 is 1.23 bits per heavy atom. The molecule has 1 unspecified atom stereocenters. The van der Waals surface area contributed by atoms with Gasteiger partial charge in [0, 0.05) is 57.8 Å². The van der Waals surface area contributed by atoms with E-state index in [0.29, 0.717) is 12.6 Å². The number of carbonyl (C=O) groups is 1. The van der Waals surface area contributed by atoms with Crippen LogP contribution in [0.3, 0.4) is 0 Å². The van der Waals surface area contributed by atoms with E-state index in [-0.39, 0.29) is 17.1 Å². The second-order valence-electron chi connectivity index (χ2n) is 11.7. The molecular formula is C32H38N4O3. The van der Waals surface area contributed by atoms with Gasteiger partial charge >= 0.3 is 0 Å². The van der Waals surface area contributed by atoms with Crippen LogP contribution in [0.15, 0.2) is 49.1 Å². The number of likely N-dealkylation sites (tertiary alicyclic amines) is 1. The highest BCUT2D eigenvalue weighted by Gasteiger charge is 2.49. The van der Waals surface area contributed by atoms with Crippen LogP contribution < -0.4 is 4.90 Å². The number of hydrogen-bond donors (Lipinski definition) is 1. The highest BCUT2D eigenvalue weighted by atomic mass is 16.5. The van der Waals surface area contributed by atoms with Crippen LogP contribution >= 0.6 is 0 Å². The molecule has 39 heavy (non-hydrogen) atoms. The third-order valence-corrected chi connectivity index (χ3v) is 9.04. The number of aromatic nitrogens is 1. The molecule has 2 aromatic carbocycles. The van der Waals surface area contributed by atoms with E-state index in [2.05, 4.69) is 48.4 Å². The Morgan fingerprint density at radius 2 is 2.05 bits per heavy atom. The molecule has 1 atom stereocenters. The Balaban J connectivity index is 1.43. The van der Waals surface area contributed by atoms with Crippen LogP contribution in [0.2, 0.25) is 0 Å². The van der Waals surface area contributed by atoms with E-state index < -0.39 is 0 Å². The number of carbonyl (C=O) groups excluding carboxylic acids is 1. The molecule has 7 nitrogen and oxygen atoms in total. The number of phenols is 1. The molecule has 0 aliphatic carbocycles. The van der Waals surface area contributed by atoms with E-state index in [4.69, 9.17) is 9.72 Å². The van der Waals surface area contributed by atoms with Gasteiger partial charge in [0.15, 0.2) is 0 Å². The molecule has 2 saturated heterocycles. The third kappa shape index (κ3) is 4.47. The maximum absolute atomic E-state index is 12.1. The molecule has 3 aliphatic heterocycles. The maximum atomic E-state index is 12.1. The number of benzene rings is 2. The van der Waals surface area contributed by atoms with Crippen molar-refractivity contribution in [2.45, 2.75) is 39.3 Å².